The number of phosphoric ester groups is 1. The highest BCUT2D eigenvalue weighted by molar-refractivity contribution is 7.47. The van der Waals surface area contributed by atoms with Crippen molar-refractivity contribution in [1.29, 1.82) is 0 Å². The van der Waals surface area contributed by atoms with Crippen LogP contribution in [0.1, 0.15) is 79.1 Å². The van der Waals surface area contributed by atoms with E-state index < -0.39 is 19.5 Å². The summed E-state index contributed by atoms with van der Waals surface area (Å²) in [5, 5.41) is 9.37. The van der Waals surface area contributed by atoms with Crippen LogP contribution in [0, 0.1) is 11.8 Å². The standard InChI is InChI=1S/C18H39N2O5P/c1-5-14(4)15-8-10-17(11-9-15)24-26(22,23)25-18(6-2,7-3)12-16(13-21)20-19/h14-17,20-21H,5-13,19H2,1-4H3,(H,22,23). The molecule has 7 nitrogen and oxygen atoms in total. The number of nitrogens with one attached hydrogen (secondary N) is 1. The van der Waals surface area contributed by atoms with E-state index in [0.29, 0.717) is 31.1 Å². The molecule has 0 aromatic rings. The molecule has 1 saturated carbocycles. The van der Waals surface area contributed by atoms with Gasteiger partial charge < -0.3 is 10.00 Å². The molecule has 0 aromatic carbocycles. The maximum absolute atomic E-state index is 12.6. The first kappa shape index (κ1) is 24.0. The van der Waals surface area contributed by atoms with Crippen LogP contribution in [-0.2, 0) is 13.6 Å². The van der Waals surface area contributed by atoms with Gasteiger partial charge in [0.05, 0.1) is 18.3 Å². The van der Waals surface area contributed by atoms with Gasteiger partial charge in [0.1, 0.15) is 0 Å². The van der Waals surface area contributed by atoms with Crippen LogP contribution >= 0.6 is 7.82 Å². The minimum Gasteiger partial charge on any atom is -0.395 e. The van der Waals surface area contributed by atoms with Crippen molar-refractivity contribution in [1.82, 2.24) is 5.43 Å². The maximum Gasteiger partial charge on any atom is 0.472 e. The molecule has 0 aromatic heterocycles. The lowest BCUT2D eigenvalue weighted by atomic mass is 9.79. The predicted molar refractivity (Wildman–Crippen MR) is 103 cm³/mol. The number of hydrogen-bond acceptors (Lipinski definition) is 6. The Morgan fingerprint density at radius 1 is 1.23 bits per heavy atom. The third-order valence-electron chi connectivity index (χ3n) is 6.12. The summed E-state index contributed by atoms with van der Waals surface area (Å²) in [6, 6.07) is -0.402. The van der Waals surface area contributed by atoms with Crippen molar-refractivity contribution in [3.8, 4) is 0 Å². The minimum absolute atomic E-state index is 0.169. The highest BCUT2D eigenvalue weighted by atomic mass is 31.2. The van der Waals surface area contributed by atoms with Crippen molar-refractivity contribution >= 4 is 7.82 Å². The average Bonchev–Trinajstić information content (AvgIpc) is 2.64. The second-order valence-electron chi connectivity index (χ2n) is 7.73. The SMILES string of the molecule is CCC(C)C1CCC(OP(=O)(O)OC(CC)(CC)CC(CO)NN)CC1. The van der Waals surface area contributed by atoms with Gasteiger partial charge in [0, 0.05) is 6.04 Å². The van der Waals surface area contributed by atoms with E-state index in [-0.39, 0.29) is 12.7 Å². The van der Waals surface area contributed by atoms with Gasteiger partial charge in [-0.15, -0.1) is 0 Å². The number of phosphoric acid groups is 1. The Balaban J connectivity index is 2.66. The Labute approximate surface area is 158 Å². The van der Waals surface area contributed by atoms with Crippen LogP contribution in [-0.4, -0.2) is 34.4 Å². The number of aliphatic hydroxyl groups excluding tert-OH is 1. The summed E-state index contributed by atoms with van der Waals surface area (Å²) in [5.41, 5.74) is 1.66. The second kappa shape index (κ2) is 11.1. The minimum atomic E-state index is -4.19. The van der Waals surface area contributed by atoms with Gasteiger partial charge in [0.25, 0.3) is 0 Å². The molecule has 1 fully saturated rings. The summed E-state index contributed by atoms with van der Waals surface area (Å²) in [7, 11) is -4.19. The molecule has 1 rings (SSSR count). The molecule has 0 amide bonds. The quantitative estimate of drug-likeness (QED) is 0.227. The van der Waals surface area contributed by atoms with E-state index in [1.807, 2.05) is 13.8 Å². The van der Waals surface area contributed by atoms with E-state index in [2.05, 4.69) is 19.3 Å². The lowest BCUT2D eigenvalue weighted by Gasteiger charge is -2.37. The topological polar surface area (TPSA) is 114 Å². The lowest BCUT2D eigenvalue weighted by molar-refractivity contribution is -0.0197. The van der Waals surface area contributed by atoms with E-state index in [4.69, 9.17) is 14.9 Å². The first-order chi connectivity index (χ1) is 12.2. The van der Waals surface area contributed by atoms with Gasteiger partial charge in [-0.05, 0) is 56.8 Å². The largest absolute Gasteiger partial charge is 0.472 e. The zero-order chi connectivity index (χ0) is 19.8. The van der Waals surface area contributed by atoms with E-state index in [9.17, 15) is 14.6 Å². The Morgan fingerprint density at radius 3 is 2.23 bits per heavy atom. The van der Waals surface area contributed by atoms with Crippen molar-refractivity contribution in [2.24, 2.45) is 17.7 Å². The smallest absolute Gasteiger partial charge is 0.395 e. The summed E-state index contributed by atoms with van der Waals surface area (Å²) >= 11 is 0. The van der Waals surface area contributed by atoms with Crippen molar-refractivity contribution in [3.05, 3.63) is 0 Å². The molecule has 0 saturated heterocycles. The summed E-state index contributed by atoms with van der Waals surface area (Å²) in [4.78, 5) is 10.3. The number of nitrogens with two attached hydrogens (primary N) is 1. The number of hydrogen-bond donors (Lipinski definition) is 4. The molecular formula is C18H39N2O5P. The Kier molecular flexibility index (Phi) is 10.3. The molecule has 0 spiro atoms. The fourth-order valence-corrected chi connectivity index (χ4v) is 5.33. The average molecular weight is 394 g/mol. The van der Waals surface area contributed by atoms with Crippen LogP contribution in [0.4, 0.5) is 0 Å². The van der Waals surface area contributed by atoms with Crippen LogP contribution in [0.25, 0.3) is 0 Å². The normalized spacial score (nSPS) is 26.3. The number of rotatable bonds is 12. The fourth-order valence-electron chi connectivity index (χ4n) is 3.88. The third-order valence-corrected chi connectivity index (χ3v) is 7.30. The van der Waals surface area contributed by atoms with E-state index >= 15 is 0 Å². The summed E-state index contributed by atoms with van der Waals surface area (Å²) < 4.78 is 23.8. The summed E-state index contributed by atoms with van der Waals surface area (Å²) in [6.07, 6.45) is 5.93. The van der Waals surface area contributed by atoms with Gasteiger partial charge in [-0.1, -0.05) is 34.1 Å². The first-order valence-corrected chi connectivity index (χ1v) is 11.5. The molecule has 1 aliphatic carbocycles. The van der Waals surface area contributed by atoms with Gasteiger partial charge >= 0.3 is 7.82 Å². The summed E-state index contributed by atoms with van der Waals surface area (Å²) in [6.45, 7) is 8.09. The van der Waals surface area contributed by atoms with E-state index in [1.165, 1.54) is 0 Å². The van der Waals surface area contributed by atoms with E-state index in [0.717, 1.165) is 32.1 Å². The molecule has 3 atom stereocenters. The lowest BCUT2D eigenvalue weighted by Crippen LogP contribution is -2.45. The van der Waals surface area contributed by atoms with Crippen molar-refractivity contribution < 1.29 is 23.6 Å². The van der Waals surface area contributed by atoms with Crippen LogP contribution in [0.5, 0.6) is 0 Å². The highest BCUT2D eigenvalue weighted by Crippen LogP contribution is 2.53. The molecule has 5 N–H and O–H groups in total. The van der Waals surface area contributed by atoms with Crippen LogP contribution in [0.15, 0.2) is 0 Å². The molecule has 0 radical (unpaired) electrons. The van der Waals surface area contributed by atoms with E-state index in [1.54, 1.807) is 0 Å². The van der Waals surface area contributed by atoms with Crippen molar-refractivity contribution in [2.75, 3.05) is 6.61 Å². The maximum atomic E-state index is 12.6. The fraction of sp³-hybridized carbons (Fsp3) is 1.00. The molecule has 1 aliphatic rings. The van der Waals surface area contributed by atoms with Gasteiger partial charge in [0.2, 0.25) is 0 Å². The van der Waals surface area contributed by atoms with Crippen LogP contribution < -0.4 is 11.3 Å². The van der Waals surface area contributed by atoms with Crippen LogP contribution in [0.3, 0.4) is 0 Å². The van der Waals surface area contributed by atoms with Gasteiger partial charge in [-0.3, -0.25) is 20.3 Å². The van der Waals surface area contributed by atoms with Gasteiger partial charge in [-0.25, -0.2) is 4.57 Å². The van der Waals surface area contributed by atoms with Gasteiger partial charge in [-0.2, -0.15) is 0 Å². The Morgan fingerprint density at radius 2 is 1.81 bits per heavy atom. The molecule has 0 heterocycles. The molecule has 156 valence electrons. The van der Waals surface area contributed by atoms with Gasteiger partial charge in [0.15, 0.2) is 0 Å². The molecule has 8 heteroatoms. The van der Waals surface area contributed by atoms with Crippen molar-refractivity contribution in [3.63, 3.8) is 0 Å². The first-order valence-electron chi connectivity index (χ1n) is 10.0. The monoisotopic (exact) mass is 394 g/mol. The molecule has 0 aliphatic heterocycles. The number of hydrazine groups is 1. The van der Waals surface area contributed by atoms with Crippen LogP contribution in [0.2, 0.25) is 0 Å². The molecule has 26 heavy (non-hydrogen) atoms. The summed E-state index contributed by atoms with van der Waals surface area (Å²) in [5.74, 6) is 6.79. The molecule has 0 bridgehead atoms. The predicted octanol–water partition coefficient (Wildman–Crippen LogP) is 3.50. The molecular weight excluding hydrogens is 355 g/mol. The highest BCUT2D eigenvalue weighted by Gasteiger charge is 2.40. The zero-order valence-corrected chi connectivity index (χ0v) is 17.7. The Hall–Kier alpha value is -0.0100. The molecule has 3 unspecified atom stereocenters. The number of aliphatic hydroxyl groups is 1. The van der Waals surface area contributed by atoms with Crippen molar-refractivity contribution in [2.45, 2.75) is 96.8 Å². The third kappa shape index (κ3) is 7.19. The zero-order valence-electron chi connectivity index (χ0n) is 16.8. The second-order valence-corrected chi connectivity index (χ2v) is 9.06. The Bertz CT molecular complexity index is 435.